The highest BCUT2D eigenvalue weighted by Gasteiger charge is 2.28. The third-order valence-corrected chi connectivity index (χ3v) is 4.43. The van der Waals surface area contributed by atoms with Gasteiger partial charge in [0.1, 0.15) is 5.76 Å². The molecule has 0 radical (unpaired) electrons. The number of sulfone groups is 1. The first-order valence-electron chi connectivity index (χ1n) is 5.16. The van der Waals surface area contributed by atoms with Crippen molar-refractivity contribution in [2.45, 2.75) is 19.4 Å². The fraction of sp³-hybridized carbons (Fsp3) is 0.556. The van der Waals surface area contributed by atoms with Gasteiger partial charge in [-0.2, -0.15) is 0 Å². The molecule has 6 nitrogen and oxygen atoms in total. The van der Waals surface area contributed by atoms with Crippen molar-refractivity contribution in [3.63, 3.8) is 0 Å². The van der Waals surface area contributed by atoms with Crippen molar-refractivity contribution >= 4 is 33.0 Å². The summed E-state index contributed by atoms with van der Waals surface area (Å²) in [5.74, 6) is 1.54. The molecule has 2 N–H and O–H groups in total. The number of aromatic nitrogens is 1. The zero-order valence-corrected chi connectivity index (χ0v) is 10.9. The Kier molecular flexibility index (Phi) is 3.34. The summed E-state index contributed by atoms with van der Waals surface area (Å²) in [7, 11) is -2.89. The van der Waals surface area contributed by atoms with Crippen molar-refractivity contribution in [1.29, 1.82) is 0 Å². The van der Waals surface area contributed by atoms with Gasteiger partial charge < -0.3 is 15.2 Å². The van der Waals surface area contributed by atoms with Gasteiger partial charge in [-0.15, -0.1) is 0 Å². The van der Waals surface area contributed by atoms with E-state index in [1.807, 2.05) is 0 Å². The van der Waals surface area contributed by atoms with Crippen LogP contribution in [-0.2, 0) is 9.84 Å². The van der Waals surface area contributed by atoms with Gasteiger partial charge in [-0.05, 0) is 25.6 Å². The maximum atomic E-state index is 11.3. The zero-order chi connectivity index (χ0) is 12.5. The van der Waals surface area contributed by atoms with Crippen molar-refractivity contribution in [3.8, 4) is 0 Å². The van der Waals surface area contributed by atoms with E-state index < -0.39 is 9.84 Å². The van der Waals surface area contributed by atoms with Gasteiger partial charge in [0.15, 0.2) is 20.8 Å². The highest BCUT2D eigenvalue weighted by atomic mass is 32.2. The number of hydrogen-bond acceptors (Lipinski definition) is 5. The SMILES string of the molecule is Cc1cc(NC(=S)N[C@H]2CCS(=O)(=O)C2)no1. The zero-order valence-electron chi connectivity index (χ0n) is 9.26. The largest absolute Gasteiger partial charge is 0.360 e. The molecule has 2 rings (SSSR count). The Balaban J connectivity index is 1.86. The van der Waals surface area contributed by atoms with Crippen LogP contribution in [0.1, 0.15) is 12.2 Å². The molecule has 1 fully saturated rings. The van der Waals surface area contributed by atoms with Crippen LogP contribution in [0.2, 0.25) is 0 Å². The summed E-state index contributed by atoms with van der Waals surface area (Å²) >= 11 is 5.06. The van der Waals surface area contributed by atoms with Crippen LogP contribution in [0.25, 0.3) is 0 Å². The van der Waals surface area contributed by atoms with Crippen molar-refractivity contribution in [3.05, 3.63) is 11.8 Å². The molecule has 1 aliphatic rings. The topological polar surface area (TPSA) is 84.2 Å². The summed E-state index contributed by atoms with van der Waals surface area (Å²) in [6.45, 7) is 1.78. The molecule has 0 saturated carbocycles. The molecule has 17 heavy (non-hydrogen) atoms. The van der Waals surface area contributed by atoms with E-state index in [2.05, 4.69) is 15.8 Å². The van der Waals surface area contributed by atoms with E-state index in [9.17, 15) is 8.42 Å². The van der Waals surface area contributed by atoms with E-state index in [1.165, 1.54) is 0 Å². The molecular formula is C9H13N3O3S2. The minimum atomic E-state index is -2.89. The van der Waals surface area contributed by atoms with Crippen LogP contribution in [0.4, 0.5) is 5.82 Å². The minimum Gasteiger partial charge on any atom is -0.360 e. The van der Waals surface area contributed by atoms with Gasteiger partial charge in [0.25, 0.3) is 0 Å². The highest BCUT2D eigenvalue weighted by molar-refractivity contribution is 7.91. The minimum absolute atomic E-state index is 0.118. The van der Waals surface area contributed by atoms with Gasteiger partial charge in [-0.1, -0.05) is 5.16 Å². The first kappa shape index (κ1) is 12.3. The van der Waals surface area contributed by atoms with Gasteiger partial charge in [0, 0.05) is 12.1 Å². The van der Waals surface area contributed by atoms with Gasteiger partial charge in [-0.25, -0.2) is 8.42 Å². The normalized spacial score (nSPS) is 22.3. The molecular weight excluding hydrogens is 262 g/mol. The van der Waals surface area contributed by atoms with E-state index in [1.54, 1.807) is 13.0 Å². The van der Waals surface area contributed by atoms with Crippen molar-refractivity contribution in [2.75, 3.05) is 16.8 Å². The summed E-state index contributed by atoms with van der Waals surface area (Å²) in [4.78, 5) is 0. The Morgan fingerprint density at radius 3 is 2.94 bits per heavy atom. The average molecular weight is 275 g/mol. The van der Waals surface area contributed by atoms with E-state index in [4.69, 9.17) is 16.7 Å². The lowest BCUT2D eigenvalue weighted by molar-refractivity contribution is 0.400. The number of nitrogens with one attached hydrogen (secondary N) is 2. The first-order valence-corrected chi connectivity index (χ1v) is 7.39. The Bertz CT molecular complexity index is 523. The average Bonchev–Trinajstić information content (AvgIpc) is 2.73. The summed E-state index contributed by atoms with van der Waals surface area (Å²) in [5.41, 5.74) is 0. The maximum Gasteiger partial charge on any atom is 0.175 e. The number of thiocarbonyl (C=S) groups is 1. The number of anilines is 1. The van der Waals surface area contributed by atoms with Gasteiger partial charge in [-0.3, -0.25) is 0 Å². The highest BCUT2D eigenvalue weighted by Crippen LogP contribution is 2.12. The second kappa shape index (κ2) is 4.61. The van der Waals surface area contributed by atoms with Crippen LogP contribution in [0.5, 0.6) is 0 Å². The van der Waals surface area contributed by atoms with E-state index >= 15 is 0 Å². The monoisotopic (exact) mass is 275 g/mol. The smallest absolute Gasteiger partial charge is 0.175 e. The van der Waals surface area contributed by atoms with Gasteiger partial charge in [0.05, 0.1) is 11.5 Å². The molecule has 2 heterocycles. The quantitative estimate of drug-likeness (QED) is 0.758. The molecule has 1 aromatic rings. The van der Waals surface area contributed by atoms with Crippen LogP contribution in [0, 0.1) is 6.92 Å². The first-order chi connectivity index (χ1) is 7.94. The summed E-state index contributed by atoms with van der Waals surface area (Å²) in [6.07, 6.45) is 0.585. The van der Waals surface area contributed by atoms with Gasteiger partial charge in [0.2, 0.25) is 0 Å². The summed E-state index contributed by atoms with van der Waals surface area (Å²) in [6, 6.07) is 1.59. The summed E-state index contributed by atoms with van der Waals surface area (Å²) < 4.78 is 27.4. The lowest BCUT2D eigenvalue weighted by atomic mass is 10.3. The molecule has 94 valence electrons. The molecule has 0 aliphatic carbocycles. The fourth-order valence-corrected chi connectivity index (χ4v) is 3.62. The Morgan fingerprint density at radius 2 is 2.41 bits per heavy atom. The van der Waals surface area contributed by atoms with Crippen LogP contribution in [0.15, 0.2) is 10.6 Å². The molecule has 1 aromatic heterocycles. The van der Waals surface area contributed by atoms with Crippen LogP contribution in [0.3, 0.4) is 0 Å². The molecule has 0 spiro atoms. The second-order valence-corrected chi connectivity index (χ2v) is 6.66. The van der Waals surface area contributed by atoms with E-state index in [-0.39, 0.29) is 17.5 Å². The van der Waals surface area contributed by atoms with E-state index in [0.29, 0.717) is 23.1 Å². The Morgan fingerprint density at radius 1 is 1.65 bits per heavy atom. The number of nitrogens with zero attached hydrogens (tertiary/aromatic N) is 1. The van der Waals surface area contributed by atoms with Crippen LogP contribution in [-0.4, -0.2) is 36.2 Å². The van der Waals surface area contributed by atoms with Crippen LogP contribution >= 0.6 is 12.2 Å². The second-order valence-electron chi connectivity index (χ2n) is 4.02. The third kappa shape index (κ3) is 3.40. The fourth-order valence-electron chi connectivity index (χ4n) is 1.67. The molecule has 1 aliphatic heterocycles. The lowest BCUT2D eigenvalue weighted by Crippen LogP contribution is -2.38. The number of hydrogen-bond donors (Lipinski definition) is 2. The van der Waals surface area contributed by atoms with Crippen LogP contribution < -0.4 is 10.6 Å². The number of rotatable bonds is 2. The predicted octanol–water partition coefficient (Wildman–Crippen LogP) is 0.457. The third-order valence-electron chi connectivity index (χ3n) is 2.44. The van der Waals surface area contributed by atoms with Gasteiger partial charge >= 0.3 is 0 Å². The molecule has 0 amide bonds. The number of aryl methyl sites for hydroxylation is 1. The van der Waals surface area contributed by atoms with E-state index in [0.717, 1.165) is 0 Å². The molecule has 0 unspecified atom stereocenters. The summed E-state index contributed by atoms with van der Waals surface area (Å²) in [5, 5.41) is 9.88. The molecule has 1 atom stereocenters. The van der Waals surface area contributed by atoms with Crippen molar-refractivity contribution in [2.24, 2.45) is 0 Å². The Hall–Kier alpha value is -1.15. The maximum absolute atomic E-state index is 11.3. The molecule has 0 bridgehead atoms. The van der Waals surface area contributed by atoms with Crippen molar-refractivity contribution < 1.29 is 12.9 Å². The molecule has 0 aromatic carbocycles. The molecule has 8 heteroatoms. The predicted molar refractivity (Wildman–Crippen MR) is 67.7 cm³/mol. The van der Waals surface area contributed by atoms with Crippen molar-refractivity contribution in [1.82, 2.24) is 10.5 Å². The molecule has 1 saturated heterocycles. The standard InChI is InChI=1S/C9H13N3O3S2/c1-6-4-8(12-15-6)11-9(16)10-7-2-3-17(13,14)5-7/h4,7H,2-3,5H2,1H3,(H2,10,11,12,16)/t7-/m0/s1. The Labute approximate surface area is 105 Å². The lowest BCUT2D eigenvalue weighted by Gasteiger charge is -2.12.